The molecule has 0 amide bonds. The molecule has 0 N–H and O–H groups in total. The van der Waals surface area contributed by atoms with E-state index in [9.17, 15) is 4.79 Å². The Labute approximate surface area is 121 Å². The van der Waals surface area contributed by atoms with E-state index < -0.39 is 0 Å². The second-order valence-electron chi connectivity index (χ2n) is 5.36. The van der Waals surface area contributed by atoms with Crippen molar-refractivity contribution < 1.29 is 14.3 Å². The van der Waals surface area contributed by atoms with Gasteiger partial charge in [0.2, 0.25) is 0 Å². The molecule has 0 aromatic heterocycles. The minimum atomic E-state index is 0.183. The number of carbonyl (C=O) groups is 1. The first-order chi connectivity index (χ1) is 9.16. The molecule has 102 valence electrons. The van der Waals surface area contributed by atoms with Crippen LogP contribution in [0.5, 0.6) is 11.5 Å². The molecule has 0 fully saturated rings. The third kappa shape index (κ3) is 2.38. The van der Waals surface area contributed by atoms with Gasteiger partial charge in [-0.3, -0.25) is 4.79 Å². The number of ether oxygens (including phenoxy) is 2. The SMILES string of the molecule is CC1CCc2c(Br)cc3c(c2C(=O)C1)OCCCO3. The highest BCUT2D eigenvalue weighted by Gasteiger charge is 2.29. The van der Waals surface area contributed by atoms with E-state index in [4.69, 9.17) is 9.47 Å². The van der Waals surface area contributed by atoms with E-state index in [-0.39, 0.29) is 5.78 Å². The number of fused-ring (bicyclic) bond motifs is 3. The van der Waals surface area contributed by atoms with Crippen LogP contribution in [0.15, 0.2) is 10.5 Å². The zero-order chi connectivity index (χ0) is 13.4. The number of hydrogen-bond donors (Lipinski definition) is 0. The van der Waals surface area contributed by atoms with Crippen LogP contribution in [0.4, 0.5) is 0 Å². The molecule has 3 nitrogen and oxygen atoms in total. The van der Waals surface area contributed by atoms with Crippen LogP contribution in [0.25, 0.3) is 0 Å². The summed E-state index contributed by atoms with van der Waals surface area (Å²) in [6.45, 7) is 3.39. The van der Waals surface area contributed by atoms with Gasteiger partial charge in [-0.1, -0.05) is 22.9 Å². The molecule has 0 radical (unpaired) electrons. The average Bonchev–Trinajstić information content (AvgIpc) is 2.67. The molecular weight excluding hydrogens is 308 g/mol. The van der Waals surface area contributed by atoms with Crippen molar-refractivity contribution in [1.29, 1.82) is 0 Å². The Bertz CT molecular complexity index is 525. The van der Waals surface area contributed by atoms with E-state index in [2.05, 4.69) is 22.9 Å². The number of halogens is 1. The predicted molar refractivity (Wildman–Crippen MR) is 76.2 cm³/mol. The maximum absolute atomic E-state index is 12.5. The highest BCUT2D eigenvalue weighted by molar-refractivity contribution is 9.10. The van der Waals surface area contributed by atoms with Crippen LogP contribution in [-0.4, -0.2) is 19.0 Å². The van der Waals surface area contributed by atoms with E-state index in [0.717, 1.165) is 34.9 Å². The lowest BCUT2D eigenvalue weighted by Gasteiger charge is -2.15. The number of hydrogen-bond acceptors (Lipinski definition) is 3. The lowest BCUT2D eigenvalue weighted by molar-refractivity contribution is 0.0963. The van der Waals surface area contributed by atoms with E-state index in [1.165, 1.54) is 0 Å². The number of benzene rings is 1. The molecule has 0 bridgehead atoms. The standard InChI is InChI=1S/C15H17BrO3/c1-9-3-4-10-11(16)8-13-15(14(10)12(17)7-9)19-6-2-5-18-13/h8-9H,2-7H2,1H3. The van der Waals surface area contributed by atoms with Crippen LogP contribution in [-0.2, 0) is 6.42 Å². The zero-order valence-corrected chi connectivity index (χ0v) is 12.6. The summed E-state index contributed by atoms with van der Waals surface area (Å²) < 4.78 is 12.5. The first-order valence-corrected chi connectivity index (χ1v) is 7.60. The van der Waals surface area contributed by atoms with Gasteiger partial charge in [0.1, 0.15) is 0 Å². The molecule has 4 heteroatoms. The van der Waals surface area contributed by atoms with Crippen molar-refractivity contribution in [3.63, 3.8) is 0 Å². The van der Waals surface area contributed by atoms with Gasteiger partial charge in [-0.25, -0.2) is 0 Å². The lowest BCUT2D eigenvalue weighted by Crippen LogP contribution is -2.08. The maximum Gasteiger partial charge on any atom is 0.172 e. The second-order valence-corrected chi connectivity index (χ2v) is 6.22. The molecule has 1 aliphatic heterocycles. The van der Waals surface area contributed by atoms with E-state index in [1.54, 1.807) is 0 Å². The molecular formula is C15H17BrO3. The molecule has 0 saturated heterocycles. The molecule has 19 heavy (non-hydrogen) atoms. The van der Waals surface area contributed by atoms with Crippen molar-refractivity contribution in [2.45, 2.75) is 32.6 Å². The molecule has 1 aromatic rings. The third-order valence-corrected chi connectivity index (χ3v) is 4.50. The summed E-state index contributed by atoms with van der Waals surface area (Å²) >= 11 is 3.58. The number of rotatable bonds is 0. The Morgan fingerprint density at radius 1 is 1.32 bits per heavy atom. The van der Waals surface area contributed by atoms with E-state index in [1.807, 2.05) is 6.07 Å². The summed E-state index contributed by atoms with van der Waals surface area (Å²) in [7, 11) is 0. The van der Waals surface area contributed by atoms with Crippen LogP contribution in [0.1, 0.15) is 42.1 Å². The number of Topliss-reactive ketones (excluding diaryl/α,β-unsaturated/α-hetero) is 1. The summed E-state index contributed by atoms with van der Waals surface area (Å²) in [6, 6.07) is 1.95. The van der Waals surface area contributed by atoms with Crippen molar-refractivity contribution in [3.8, 4) is 11.5 Å². The van der Waals surface area contributed by atoms with Crippen LogP contribution < -0.4 is 9.47 Å². The van der Waals surface area contributed by atoms with Crippen LogP contribution in [0.3, 0.4) is 0 Å². The van der Waals surface area contributed by atoms with Crippen molar-refractivity contribution in [2.75, 3.05) is 13.2 Å². The highest BCUT2D eigenvalue weighted by atomic mass is 79.9. The first-order valence-electron chi connectivity index (χ1n) is 6.81. The van der Waals surface area contributed by atoms with Crippen LogP contribution in [0, 0.1) is 5.92 Å². The summed E-state index contributed by atoms with van der Waals surface area (Å²) in [5.41, 5.74) is 1.83. The van der Waals surface area contributed by atoms with Gasteiger partial charge in [-0.15, -0.1) is 0 Å². The number of carbonyl (C=O) groups excluding carboxylic acids is 1. The van der Waals surface area contributed by atoms with Gasteiger partial charge in [0.15, 0.2) is 17.3 Å². The van der Waals surface area contributed by atoms with Gasteiger partial charge in [-0.05, 0) is 30.4 Å². The molecule has 1 heterocycles. The van der Waals surface area contributed by atoms with Crippen LogP contribution in [0.2, 0.25) is 0 Å². The van der Waals surface area contributed by atoms with Crippen molar-refractivity contribution in [1.82, 2.24) is 0 Å². The quantitative estimate of drug-likeness (QED) is 0.681. The summed E-state index contributed by atoms with van der Waals surface area (Å²) in [5.74, 6) is 1.97. The molecule has 1 unspecified atom stereocenters. The first kappa shape index (κ1) is 13.0. The van der Waals surface area contributed by atoms with Crippen molar-refractivity contribution in [3.05, 3.63) is 21.7 Å². The Balaban J connectivity index is 2.17. The molecule has 0 saturated carbocycles. The highest BCUT2D eigenvalue weighted by Crippen LogP contribution is 2.42. The fraction of sp³-hybridized carbons (Fsp3) is 0.533. The molecule has 1 aromatic carbocycles. The minimum absolute atomic E-state index is 0.183. The smallest absolute Gasteiger partial charge is 0.172 e. The Morgan fingerprint density at radius 3 is 2.95 bits per heavy atom. The van der Waals surface area contributed by atoms with Gasteiger partial charge >= 0.3 is 0 Å². The van der Waals surface area contributed by atoms with Crippen molar-refractivity contribution >= 4 is 21.7 Å². The molecule has 1 atom stereocenters. The maximum atomic E-state index is 12.5. The molecule has 1 aliphatic carbocycles. The predicted octanol–water partition coefficient (Wildman–Crippen LogP) is 3.77. The van der Waals surface area contributed by atoms with Gasteiger partial charge in [-0.2, -0.15) is 0 Å². The lowest BCUT2D eigenvalue weighted by atomic mass is 10.00. The molecule has 0 spiro atoms. The Hall–Kier alpha value is -1.03. The second kappa shape index (κ2) is 5.16. The van der Waals surface area contributed by atoms with Gasteiger partial charge in [0.05, 0.1) is 18.8 Å². The van der Waals surface area contributed by atoms with Gasteiger partial charge in [0, 0.05) is 17.3 Å². The largest absolute Gasteiger partial charge is 0.489 e. The fourth-order valence-corrected chi connectivity index (χ4v) is 3.37. The number of ketones is 1. The fourth-order valence-electron chi connectivity index (χ4n) is 2.76. The third-order valence-electron chi connectivity index (χ3n) is 3.79. The zero-order valence-electron chi connectivity index (χ0n) is 11.0. The normalized spacial score (nSPS) is 22.4. The summed E-state index contributed by atoms with van der Waals surface area (Å²) in [6.07, 6.45) is 3.40. The average molecular weight is 325 g/mol. The van der Waals surface area contributed by atoms with E-state index in [0.29, 0.717) is 37.1 Å². The van der Waals surface area contributed by atoms with Crippen LogP contribution >= 0.6 is 15.9 Å². The summed E-state index contributed by atoms with van der Waals surface area (Å²) in [4.78, 5) is 12.5. The topological polar surface area (TPSA) is 35.5 Å². The van der Waals surface area contributed by atoms with Gasteiger partial charge < -0.3 is 9.47 Å². The van der Waals surface area contributed by atoms with Gasteiger partial charge in [0.25, 0.3) is 0 Å². The molecule has 2 aliphatic rings. The monoisotopic (exact) mass is 324 g/mol. The van der Waals surface area contributed by atoms with Crippen molar-refractivity contribution in [2.24, 2.45) is 5.92 Å². The molecule has 3 rings (SSSR count). The Morgan fingerprint density at radius 2 is 2.11 bits per heavy atom. The minimum Gasteiger partial charge on any atom is -0.489 e. The Kier molecular flexibility index (Phi) is 3.52. The summed E-state index contributed by atoms with van der Waals surface area (Å²) in [5, 5.41) is 0. The van der Waals surface area contributed by atoms with E-state index >= 15 is 0 Å².